The summed E-state index contributed by atoms with van der Waals surface area (Å²) in [6.07, 6.45) is 0.450. The third kappa shape index (κ3) is 5.11. The lowest BCUT2D eigenvalue weighted by atomic mass is 9.96. The molecule has 0 aromatic heterocycles. The lowest BCUT2D eigenvalue weighted by molar-refractivity contribution is 0.0552. The predicted octanol–water partition coefficient (Wildman–Crippen LogP) is 2.73. The molecule has 0 saturated heterocycles. The van der Waals surface area contributed by atoms with E-state index < -0.39 is 5.60 Å². The molecule has 0 radical (unpaired) electrons. The molecule has 2 N–H and O–H groups in total. The van der Waals surface area contributed by atoms with Crippen molar-refractivity contribution in [2.24, 2.45) is 0 Å². The molecule has 0 aliphatic carbocycles. The van der Waals surface area contributed by atoms with Gasteiger partial charge in [-0.3, -0.25) is 4.79 Å². The molecule has 4 heteroatoms. The van der Waals surface area contributed by atoms with Gasteiger partial charge < -0.3 is 15.2 Å². The maximum atomic E-state index is 12.1. The first-order valence-electron chi connectivity index (χ1n) is 7.60. The molecular formula is C19H23NO3. The zero-order valence-electron chi connectivity index (χ0n) is 13.8. The van der Waals surface area contributed by atoms with Crippen LogP contribution in [0.2, 0.25) is 0 Å². The number of methoxy groups -OCH3 is 1. The zero-order valence-corrected chi connectivity index (χ0v) is 13.8. The molecule has 0 saturated carbocycles. The highest BCUT2D eigenvalue weighted by Gasteiger charge is 2.22. The second-order valence-corrected chi connectivity index (χ2v) is 6.07. The van der Waals surface area contributed by atoms with Crippen LogP contribution in [0.25, 0.3) is 0 Å². The number of amides is 1. The van der Waals surface area contributed by atoms with E-state index in [0.29, 0.717) is 12.0 Å². The number of aryl methyl sites for hydroxylation is 1. The lowest BCUT2D eigenvalue weighted by Gasteiger charge is -2.24. The minimum Gasteiger partial charge on any atom is -0.497 e. The van der Waals surface area contributed by atoms with Gasteiger partial charge in [-0.15, -0.1) is 0 Å². The van der Waals surface area contributed by atoms with Crippen LogP contribution in [0, 0.1) is 6.92 Å². The van der Waals surface area contributed by atoms with Crippen LogP contribution in [0.3, 0.4) is 0 Å². The molecule has 2 aromatic carbocycles. The van der Waals surface area contributed by atoms with Gasteiger partial charge in [0.15, 0.2) is 0 Å². The van der Waals surface area contributed by atoms with Crippen molar-refractivity contribution >= 4 is 5.91 Å². The van der Waals surface area contributed by atoms with E-state index in [1.54, 1.807) is 26.2 Å². The fraction of sp³-hybridized carbons (Fsp3) is 0.316. The molecule has 0 aliphatic heterocycles. The van der Waals surface area contributed by atoms with Gasteiger partial charge in [0, 0.05) is 18.5 Å². The van der Waals surface area contributed by atoms with Gasteiger partial charge in [0.05, 0.1) is 12.7 Å². The summed E-state index contributed by atoms with van der Waals surface area (Å²) >= 11 is 0. The molecule has 122 valence electrons. The molecule has 1 unspecified atom stereocenters. The largest absolute Gasteiger partial charge is 0.497 e. The fourth-order valence-electron chi connectivity index (χ4n) is 2.32. The van der Waals surface area contributed by atoms with Crippen LogP contribution < -0.4 is 10.1 Å². The van der Waals surface area contributed by atoms with E-state index in [4.69, 9.17) is 4.74 Å². The number of carbonyl (C=O) groups excluding carboxylic acids is 1. The van der Waals surface area contributed by atoms with E-state index in [1.807, 2.05) is 43.3 Å². The van der Waals surface area contributed by atoms with Gasteiger partial charge >= 0.3 is 0 Å². The molecule has 23 heavy (non-hydrogen) atoms. The number of rotatable bonds is 6. The second kappa shape index (κ2) is 7.29. The lowest BCUT2D eigenvalue weighted by Crippen LogP contribution is -2.42. The number of nitrogens with one attached hydrogen (secondary N) is 1. The first-order valence-corrected chi connectivity index (χ1v) is 7.60. The number of aliphatic hydroxyl groups is 1. The Labute approximate surface area is 137 Å². The molecule has 4 nitrogen and oxygen atoms in total. The van der Waals surface area contributed by atoms with Crippen molar-refractivity contribution in [2.45, 2.75) is 25.9 Å². The third-order valence-corrected chi connectivity index (χ3v) is 3.69. The summed E-state index contributed by atoms with van der Waals surface area (Å²) < 4.78 is 5.12. The molecule has 1 amide bonds. The standard InChI is InChI=1S/C19H23NO3/c1-14-4-8-16(9-5-14)18(21)20-13-19(2,22)12-15-6-10-17(23-3)11-7-15/h4-11,22H,12-13H2,1-3H3,(H,20,21). The van der Waals surface area contributed by atoms with Crippen LogP contribution in [0.5, 0.6) is 5.75 Å². The Hall–Kier alpha value is -2.33. The second-order valence-electron chi connectivity index (χ2n) is 6.07. The molecule has 2 aromatic rings. The topological polar surface area (TPSA) is 58.6 Å². The Morgan fingerprint density at radius 3 is 2.30 bits per heavy atom. The first-order chi connectivity index (χ1) is 10.9. The van der Waals surface area contributed by atoms with Crippen LogP contribution in [-0.4, -0.2) is 30.3 Å². The van der Waals surface area contributed by atoms with Crippen LogP contribution in [0.15, 0.2) is 48.5 Å². The summed E-state index contributed by atoms with van der Waals surface area (Å²) in [4.78, 5) is 12.1. The maximum Gasteiger partial charge on any atom is 0.251 e. The maximum absolute atomic E-state index is 12.1. The number of hydrogen-bond donors (Lipinski definition) is 2. The van der Waals surface area contributed by atoms with E-state index in [9.17, 15) is 9.90 Å². The highest BCUT2D eigenvalue weighted by Crippen LogP contribution is 2.16. The van der Waals surface area contributed by atoms with Gasteiger partial charge in [-0.2, -0.15) is 0 Å². The van der Waals surface area contributed by atoms with Crippen molar-refractivity contribution in [3.63, 3.8) is 0 Å². The predicted molar refractivity (Wildman–Crippen MR) is 90.8 cm³/mol. The van der Waals surface area contributed by atoms with Crippen molar-refractivity contribution < 1.29 is 14.6 Å². The molecule has 0 heterocycles. The van der Waals surface area contributed by atoms with Crippen molar-refractivity contribution in [2.75, 3.05) is 13.7 Å². The summed E-state index contributed by atoms with van der Waals surface area (Å²) in [6, 6.07) is 14.9. The van der Waals surface area contributed by atoms with Crippen LogP contribution >= 0.6 is 0 Å². The Morgan fingerprint density at radius 2 is 1.74 bits per heavy atom. The molecular weight excluding hydrogens is 290 g/mol. The Bertz CT molecular complexity index is 645. The summed E-state index contributed by atoms with van der Waals surface area (Å²) in [7, 11) is 1.62. The number of ether oxygens (including phenoxy) is 1. The molecule has 0 aliphatic rings. The zero-order chi connectivity index (χ0) is 16.9. The first kappa shape index (κ1) is 17.0. The number of carbonyl (C=O) groups is 1. The van der Waals surface area contributed by atoms with Crippen molar-refractivity contribution in [1.82, 2.24) is 5.32 Å². The van der Waals surface area contributed by atoms with Gasteiger partial charge in [-0.1, -0.05) is 29.8 Å². The normalized spacial score (nSPS) is 13.2. The quantitative estimate of drug-likeness (QED) is 0.862. The van der Waals surface area contributed by atoms with E-state index >= 15 is 0 Å². The van der Waals surface area contributed by atoms with E-state index in [0.717, 1.165) is 16.9 Å². The Balaban J connectivity index is 1.92. The number of hydrogen-bond acceptors (Lipinski definition) is 3. The van der Waals surface area contributed by atoms with Gasteiger partial charge in [-0.25, -0.2) is 0 Å². The summed E-state index contributed by atoms with van der Waals surface area (Å²) in [5.41, 5.74) is 1.67. The van der Waals surface area contributed by atoms with Gasteiger partial charge in [0.25, 0.3) is 5.91 Å². The minimum absolute atomic E-state index is 0.181. The van der Waals surface area contributed by atoms with Crippen molar-refractivity contribution in [3.05, 3.63) is 65.2 Å². The number of benzene rings is 2. The molecule has 0 bridgehead atoms. The van der Waals surface area contributed by atoms with Crippen LogP contribution in [0.4, 0.5) is 0 Å². The summed E-state index contributed by atoms with van der Waals surface area (Å²) in [5, 5.41) is 13.3. The van der Waals surface area contributed by atoms with Crippen LogP contribution in [-0.2, 0) is 6.42 Å². The SMILES string of the molecule is COc1ccc(CC(C)(O)CNC(=O)c2ccc(C)cc2)cc1. The fourth-order valence-corrected chi connectivity index (χ4v) is 2.32. The molecule has 2 rings (SSSR count). The van der Waals surface area contributed by atoms with Crippen molar-refractivity contribution in [3.8, 4) is 5.75 Å². The van der Waals surface area contributed by atoms with Gasteiger partial charge in [0.2, 0.25) is 0 Å². The van der Waals surface area contributed by atoms with E-state index in [2.05, 4.69) is 5.32 Å². The molecule has 1 atom stereocenters. The monoisotopic (exact) mass is 313 g/mol. The Morgan fingerprint density at radius 1 is 1.13 bits per heavy atom. The summed E-state index contributed by atoms with van der Waals surface area (Å²) in [6.45, 7) is 3.87. The average Bonchev–Trinajstić information content (AvgIpc) is 2.54. The highest BCUT2D eigenvalue weighted by molar-refractivity contribution is 5.94. The van der Waals surface area contributed by atoms with Crippen molar-refractivity contribution in [1.29, 1.82) is 0 Å². The minimum atomic E-state index is -1.02. The molecule has 0 spiro atoms. The third-order valence-electron chi connectivity index (χ3n) is 3.69. The van der Waals surface area contributed by atoms with Crippen LogP contribution in [0.1, 0.15) is 28.4 Å². The van der Waals surface area contributed by atoms with Gasteiger partial charge in [-0.05, 0) is 43.7 Å². The average molecular weight is 313 g/mol. The molecule has 0 fully saturated rings. The van der Waals surface area contributed by atoms with E-state index in [1.165, 1.54) is 0 Å². The van der Waals surface area contributed by atoms with E-state index in [-0.39, 0.29) is 12.5 Å². The Kier molecular flexibility index (Phi) is 5.40. The summed E-state index contributed by atoms with van der Waals surface area (Å²) in [5.74, 6) is 0.598. The smallest absolute Gasteiger partial charge is 0.251 e. The highest BCUT2D eigenvalue weighted by atomic mass is 16.5. The van der Waals surface area contributed by atoms with Gasteiger partial charge in [0.1, 0.15) is 5.75 Å².